The van der Waals surface area contributed by atoms with Gasteiger partial charge in [-0.1, -0.05) is 13.0 Å². The standard InChI is InChI=1S/C24H30N4O2S/c1-16-4-2-10-27(13-16)14-22(29)26-24-25-20(15-31-24)18-8-9-21-19(12-18)5-3-11-28(21)23(30)17-6-7-17/h8-9,12,15-17H,2-7,10-11,13-14H2,1H3,(H,25,26,29)/t16-/m1/s1. The van der Waals surface area contributed by atoms with E-state index < -0.39 is 0 Å². The minimum absolute atomic E-state index is 0.00895. The van der Waals surface area contributed by atoms with Gasteiger partial charge in [0.05, 0.1) is 12.2 Å². The Morgan fingerprint density at radius 3 is 2.87 bits per heavy atom. The van der Waals surface area contributed by atoms with Gasteiger partial charge >= 0.3 is 0 Å². The SMILES string of the molecule is C[C@@H]1CCCN(CC(=O)Nc2nc(-c3ccc4c(c3)CCCN4C(=O)C3CC3)cs2)C1. The van der Waals surface area contributed by atoms with Crippen LogP contribution < -0.4 is 10.2 Å². The van der Waals surface area contributed by atoms with E-state index in [4.69, 9.17) is 0 Å². The van der Waals surface area contributed by atoms with Crippen molar-refractivity contribution in [3.63, 3.8) is 0 Å². The molecule has 1 saturated heterocycles. The van der Waals surface area contributed by atoms with Crippen LogP contribution in [0.5, 0.6) is 0 Å². The normalized spacial score (nSPS) is 21.6. The summed E-state index contributed by atoms with van der Waals surface area (Å²) in [6, 6.07) is 6.28. The first-order valence-electron chi connectivity index (χ1n) is 11.5. The second-order valence-electron chi connectivity index (χ2n) is 9.28. The molecule has 1 N–H and O–H groups in total. The first-order valence-corrected chi connectivity index (χ1v) is 12.4. The molecule has 2 fully saturated rings. The maximum absolute atomic E-state index is 12.6. The number of hydrogen-bond acceptors (Lipinski definition) is 5. The maximum Gasteiger partial charge on any atom is 0.240 e. The van der Waals surface area contributed by atoms with Crippen LogP contribution in [0.4, 0.5) is 10.8 Å². The summed E-state index contributed by atoms with van der Waals surface area (Å²) in [6.45, 7) is 5.49. The van der Waals surface area contributed by atoms with Crippen LogP contribution in [0.1, 0.15) is 44.6 Å². The van der Waals surface area contributed by atoms with Crippen molar-refractivity contribution >= 4 is 34.0 Å². The van der Waals surface area contributed by atoms with Gasteiger partial charge in [-0.25, -0.2) is 4.98 Å². The summed E-state index contributed by atoms with van der Waals surface area (Å²) in [6.07, 6.45) is 6.47. The van der Waals surface area contributed by atoms with Crippen LogP contribution in [0.3, 0.4) is 0 Å². The first-order chi connectivity index (χ1) is 15.1. The summed E-state index contributed by atoms with van der Waals surface area (Å²) in [4.78, 5) is 33.9. The van der Waals surface area contributed by atoms with E-state index in [1.54, 1.807) is 0 Å². The lowest BCUT2D eigenvalue weighted by Crippen LogP contribution is -2.39. The number of fused-ring (bicyclic) bond motifs is 1. The molecule has 5 rings (SSSR count). The van der Waals surface area contributed by atoms with Crippen LogP contribution in [0.15, 0.2) is 23.6 Å². The quantitative estimate of drug-likeness (QED) is 0.761. The fraction of sp³-hybridized carbons (Fsp3) is 0.542. The third kappa shape index (κ3) is 4.67. The van der Waals surface area contributed by atoms with Gasteiger partial charge < -0.3 is 10.2 Å². The Hall–Kier alpha value is -2.25. The van der Waals surface area contributed by atoms with Crippen molar-refractivity contribution in [2.24, 2.45) is 11.8 Å². The molecule has 0 radical (unpaired) electrons. The highest BCUT2D eigenvalue weighted by Gasteiger charge is 2.35. The van der Waals surface area contributed by atoms with Gasteiger partial charge in [-0.2, -0.15) is 0 Å². The predicted molar refractivity (Wildman–Crippen MR) is 124 cm³/mol. The van der Waals surface area contributed by atoms with Gasteiger partial charge in [-0.05, 0) is 68.7 Å². The smallest absolute Gasteiger partial charge is 0.240 e. The molecule has 2 aliphatic heterocycles. The van der Waals surface area contributed by atoms with Gasteiger partial charge in [0.15, 0.2) is 5.13 Å². The van der Waals surface area contributed by atoms with E-state index in [0.29, 0.717) is 17.6 Å². The molecule has 3 aliphatic rings. The number of aromatic nitrogens is 1. The molecule has 1 aliphatic carbocycles. The Balaban J connectivity index is 1.25. The van der Waals surface area contributed by atoms with Gasteiger partial charge in [0.2, 0.25) is 11.8 Å². The number of carbonyl (C=O) groups is 2. The van der Waals surface area contributed by atoms with Crippen molar-refractivity contribution in [3.05, 3.63) is 29.1 Å². The highest BCUT2D eigenvalue weighted by Crippen LogP contribution is 2.37. The molecule has 1 aromatic heterocycles. The van der Waals surface area contributed by atoms with Gasteiger partial charge in [0.25, 0.3) is 0 Å². The zero-order chi connectivity index (χ0) is 21.4. The fourth-order valence-electron chi connectivity index (χ4n) is 4.79. The molecule has 6 nitrogen and oxygen atoms in total. The summed E-state index contributed by atoms with van der Waals surface area (Å²) in [7, 11) is 0. The molecule has 0 bridgehead atoms. The lowest BCUT2D eigenvalue weighted by molar-refractivity contribution is -0.120. The number of thiazole rings is 1. The van der Waals surface area contributed by atoms with E-state index in [1.807, 2.05) is 16.3 Å². The summed E-state index contributed by atoms with van der Waals surface area (Å²) < 4.78 is 0. The van der Waals surface area contributed by atoms with Crippen LogP contribution in [0.2, 0.25) is 0 Å². The largest absolute Gasteiger partial charge is 0.312 e. The van der Waals surface area contributed by atoms with Crippen molar-refractivity contribution in [3.8, 4) is 11.3 Å². The molecule has 31 heavy (non-hydrogen) atoms. The van der Waals surface area contributed by atoms with Crippen molar-refractivity contribution in [2.75, 3.05) is 36.4 Å². The summed E-state index contributed by atoms with van der Waals surface area (Å²) in [5.74, 6) is 1.20. The summed E-state index contributed by atoms with van der Waals surface area (Å²) in [5.41, 5.74) is 4.20. The van der Waals surface area contributed by atoms with E-state index in [9.17, 15) is 9.59 Å². The minimum Gasteiger partial charge on any atom is -0.312 e. The van der Waals surface area contributed by atoms with Gasteiger partial charge in [0, 0.05) is 35.6 Å². The molecule has 0 unspecified atom stereocenters. The minimum atomic E-state index is 0.00895. The summed E-state index contributed by atoms with van der Waals surface area (Å²) >= 11 is 1.46. The zero-order valence-corrected chi connectivity index (χ0v) is 18.9. The van der Waals surface area contributed by atoms with Crippen LogP contribution in [0, 0.1) is 11.8 Å². The van der Waals surface area contributed by atoms with E-state index in [2.05, 4.69) is 34.3 Å². The number of nitrogens with zero attached hydrogens (tertiary/aromatic N) is 3. The Bertz CT molecular complexity index is 984. The number of aryl methyl sites for hydroxylation is 1. The average molecular weight is 439 g/mol. The second-order valence-corrected chi connectivity index (χ2v) is 10.1. The molecule has 0 spiro atoms. The van der Waals surface area contributed by atoms with Crippen LogP contribution in [0.25, 0.3) is 11.3 Å². The molecule has 3 heterocycles. The number of piperidine rings is 1. The van der Waals surface area contributed by atoms with E-state index in [-0.39, 0.29) is 17.7 Å². The van der Waals surface area contributed by atoms with E-state index in [1.165, 1.54) is 23.3 Å². The molecule has 1 atom stereocenters. The molecular formula is C24H30N4O2S. The molecule has 1 aromatic carbocycles. The number of benzene rings is 1. The van der Waals surface area contributed by atoms with E-state index in [0.717, 1.165) is 68.7 Å². The van der Waals surface area contributed by atoms with Gasteiger partial charge in [-0.15, -0.1) is 11.3 Å². The molecule has 164 valence electrons. The predicted octanol–water partition coefficient (Wildman–Crippen LogP) is 4.17. The van der Waals surface area contributed by atoms with Crippen molar-refractivity contribution < 1.29 is 9.59 Å². The van der Waals surface area contributed by atoms with Gasteiger partial charge in [0.1, 0.15) is 0 Å². The lowest BCUT2D eigenvalue weighted by atomic mass is 9.98. The molecular weight excluding hydrogens is 408 g/mol. The van der Waals surface area contributed by atoms with E-state index >= 15 is 0 Å². The van der Waals surface area contributed by atoms with Crippen LogP contribution in [-0.4, -0.2) is 47.9 Å². The Kier molecular flexibility index (Phi) is 5.80. The highest BCUT2D eigenvalue weighted by atomic mass is 32.1. The number of rotatable bonds is 5. The van der Waals surface area contributed by atoms with Crippen molar-refractivity contribution in [2.45, 2.75) is 45.4 Å². The van der Waals surface area contributed by atoms with Crippen LogP contribution in [-0.2, 0) is 16.0 Å². The van der Waals surface area contributed by atoms with Gasteiger partial charge in [-0.3, -0.25) is 14.5 Å². The summed E-state index contributed by atoms with van der Waals surface area (Å²) in [5, 5.41) is 5.61. The molecule has 7 heteroatoms. The third-order valence-electron chi connectivity index (χ3n) is 6.55. The number of nitrogens with one attached hydrogen (secondary N) is 1. The number of hydrogen-bond donors (Lipinski definition) is 1. The number of likely N-dealkylation sites (tertiary alicyclic amines) is 1. The number of amides is 2. The topological polar surface area (TPSA) is 65.5 Å². The molecule has 1 saturated carbocycles. The average Bonchev–Trinajstić information content (AvgIpc) is 3.51. The van der Waals surface area contributed by atoms with Crippen molar-refractivity contribution in [1.29, 1.82) is 0 Å². The van der Waals surface area contributed by atoms with Crippen LogP contribution >= 0.6 is 11.3 Å². The monoisotopic (exact) mass is 438 g/mol. The number of carbonyl (C=O) groups excluding carboxylic acids is 2. The Labute approximate surface area is 187 Å². The fourth-order valence-corrected chi connectivity index (χ4v) is 5.53. The van der Waals surface area contributed by atoms with Crippen molar-refractivity contribution in [1.82, 2.24) is 9.88 Å². The Morgan fingerprint density at radius 2 is 2.06 bits per heavy atom. The second kappa shape index (κ2) is 8.71. The first kappa shape index (κ1) is 20.6. The third-order valence-corrected chi connectivity index (χ3v) is 7.30. The highest BCUT2D eigenvalue weighted by molar-refractivity contribution is 7.14. The molecule has 2 aromatic rings. The maximum atomic E-state index is 12.6. The Morgan fingerprint density at radius 1 is 1.19 bits per heavy atom. The zero-order valence-electron chi connectivity index (χ0n) is 18.1. The lowest BCUT2D eigenvalue weighted by Gasteiger charge is -2.30. The number of anilines is 2. The molecule has 2 amide bonds.